The SMILES string of the molecule is Cc1cc(OC(C)C)nc(NC2(CCl)CCOCC2)n1. The summed E-state index contributed by atoms with van der Waals surface area (Å²) in [6.07, 6.45) is 1.80. The van der Waals surface area contributed by atoms with Gasteiger partial charge in [-0.05, 0) is 33.6 Å². The number of nitrogens with one attached hydrogen (secondary N) is 1. The van der Waals surface area contributed by atoms with Crippen LogP contribution >= 0.6 is 11.6 Å². The Labute approximate surface area is 125 Å². The first kappa shape index (κ1) is 15.3. The highest BCUT2D eigenvalue weighted by molar-refractivity contribution is 6.18. The molecule has 1 aromatic heterocycles. The number of nitrogens with zero attached hydrogens (tertiary/aromatic N) is 2. The van der Waals surface area contributed by atoms with Crippen LogP contribution in [0.1, 0.15) is 32.4 Å². The van der Waals surface area contributed by atoms with Gasteiger partial charge in [0.2, 0.25) is 11.8 Å². The van der Waals surface area contributed by atoms with E-state index in [-0.39, 0.29) is 11.6 Å². The van der Waals surface area contributed by atoms with Gasteiger partial charge in [-0.25, -0.2) is 4.98 Å². The van der Waals surface area contributed by atoms with Crippen molar-refractivity contribution in [3.8, 4) is 5.88 Å². The van der Waals surface area contributed by atoms with Crippen molar-refractivity contribution < 1.29 is 9.47 Å². The number of aryl methyl sites for hydroxylation is 1. The van der Waals surface area contributed by atoms with Crippen molar-refractivity contribution >= 4 is 17.5 Å². The lowest BCUT2D eigenvalue weighted by molar-refractivity contribution is 0.0665. The van der Waals surface area contributed by atoms with E-state index >= 15 is 0 Å². The van der Waals surface area contributed by atoms with E-state index in [1.165, 1.54) is 0 Å². The molecule has 2 rings (SSSR count). The third-order valence-corrected chi connectivity index (χ3v) is 3.78. The molecule has 0 saturated carbocycles. The second kappa shape index (κ2) is 6.59. The number of rotatable bonds is 5. The van der Waals surface area contributed by atoms with Crippen molar-refractivity contribution in [3.63, 3.8) is 0 Å². The Morgan fingerprint density at radius 1 is 1.40 bits per heavy atom. The normalized spacial score (nSPS) is 18.1. The Balaban J connectivity index is 2.16. The van der Waals surface area contributed by atoms with Gasteiger partial charge in [-0.1, -0.05) is 0 Å². The maximum Gasteiger partial charge on any atom is 0.226 e. The van der Waals surface area contributed by atoms with Gasteiger partial charge in [-0.15, -0.1) is 11.6 Å². The largest absolute Gasteiger partial charge is 0.475 e. The van der Waals surface area contributed by atoms with Gasteiger partial charge in [0.05, 0.1) is 11.6 Å². The van der Waals surface area contributed by atoms with E-state index in [0.717, 1.165) is 18.5 Å². The first-order chi connectivity index (χ1) is 9.53. The average Bonchev–Trinajstić information content (AvgIpc) is 2.38. The molecular weight excluding hydrogens is 278 g/mol. The molecule has 0 unspecified atom stereocenters. The van der Waals surface area contributed by atoms with Crippen LogP contribution in [0.4, 0.5) is 5.95 Å². The van der Waals surface area contributed by atoms with E-state index in [4.69, 9.17) is 21.1 Å². The molecule has 6 heteroatoms. The highest BCUT2D eigenvalue weighted by Crippen LogP contribution is 2.27. The lowest BCUT2D eigenvalue weighted by atomic mass is 9.92. The Kier molecular flexibility index (Phi) is 5.05. The lowest BCUT2D eigenvalue weighted by Crippen LogP contribution is -2.46. The molecule has 1 N–H and O–H groups in total. The Bertz CT molecular complexity index is 448. The molecule has 0 aromatic carbocycles. The van der Waals surface area contributed by atoms with Gasteiger partial charge in [0.1, 0.15) is 0 Å². The molecule has 0 bridgehead atoms. The van der Waals surface area contributed by atoms with Crippen molar-refractivity contribution in [2.75, 3.05) is 24.4 Å². The van der Waals surface area contributed by atoms with Crippen molar-refractivity contribution in [3.05, 3.63) is 11.8 Å². The lowest BCUT2D eigenvalue weighted by Gasteiger charge is -2.36. The molecule has 0 atom stereocenters. The molecule has 5 nitrogen and oxygen atoms in total. The number of ether oxygens (including phenoxy) is 2. The molecule has 112 valence electrons. The summed E-state index contributed by atoms with van der Waals surface area (Å²) in [5, 5.41) is 3.38. The van der Waals surface area contributed by atoms with Gasteiger partial charge in [0.25, 0.3) is 0 Å². The van der Waals surface area contributed by atoms with Crippen molar-refractivity contribution in [1.29, 1.82) is 0 Å². The minimum atomic E-state index is -0.192. The molecular formula is C14H22ClN3O2. The third kappa shape index (κ3) is 3.96. The maximum absolute atomic E-state index is 6.15. The monoisotopic (exact) mass is 299 g/mol. The Morgan fingerprint density at radius 3 is 2.70 bits per heavy atom. The summed E-state index contributed by atoms with van der Waals surface area (Å²) in [4.78, 5) is 8.84. The number of halogens is 1. The predicted molar refractivity (Wildman–Crippen MR) is 79.7 cm³/mol. The fourth-order valence-electron chi connectivity index (χ4n) is 2.19. The summed E-state index contributed by atoms with van der Waals surface area (Å²) in [6, 6.07) is 1.84. The minimum Gasteiger partial charge on any atom is -0.475 e. The molecule has 0 radical (unpaired) electrons. The zero-order chi connectivity index (χ0) is 14.6. The second-order valence-corrected chi connectivity index (χ2v) is 5.76. The summed E-state index contributed by atoms with van der Waals surface area (Å²) in [5.41, 5.74) is 0.679. The van der Waals surface area contributed by atoms with Crippen LogP contribution in [0.2, 0.25) is 0 Å². The Hall–Kier alpha value is -1.07. The molecule has 1 aromatic rings. The molecule has 0 aliphatic carbocycles. The molecule has 0 spiro atoms. The van der Waals surface area contributed by atoms with Gasteiger partial charge in [0.15, 0.2) is 0 Å². The first-order valence-electron chi connectivity index (χ1n) is 6.97. The van der Waals surface area contributed by atoms with Crippen LogP contribution in [0.15, 0.2) is 6.07 Å². The molecule has 2 heterocycles. The summed E-state index contributed by atoms with van der Waals surface area (Å²) < 4.78 is 11.0. The molecule has 1 aliphatic heterocycles. The van der Waals surface area contributed by atoms with E-state index < -0.39 is 0 Å². The van der Waals surface area contributed by atoms with Crippen LogP contribution in [0.3, 0.4) is 0 Å². The van der Waals surface area contributed by atoms with Crippen LogP contribution in [0.5, 0.6) is 5.88 Å². The molecule has 1 saturated heterocycles. The fourth-order valence-corrected chi connectivity index (χ4v) is 2.52. The van der Waals surface area contributed by atoms with Crippen LogP contribution in [0.25, 0.3) is 0 Å². The molecule has 1 fully saturated rings. The first-order valence-corrected chi connectivity index (χ1v) is 7.51. The van der Waals surface area contributed by atoms with E-state index in [1.54, 1.807) is 0 Å². The topological polar surface area (TPSA) is 56.3 Å². The number of aromatic nitrogens is 2. The Morgan fingerprint density at radius 2 is 2.10 bits per heavy atom. The van der Waals surface area contributed by atoms with Crippen LogP contribution in [-0.2, 0) is 4.74 Å². The summed E-state index contributed by atoms with van der Waals surface area (Å²) in [6.45, 7) is 7.30. The summed E-state index contributed by atoms with van der Waals surface area (Å²) in [5.74, 6) is 1.67. The van der Waals surface area contributed by atoms with Gasteiger partial charge in [-0.3, -0.25) is 0 Å². The average molecular weight is 300 g/mol. The second-order valence-electron chi connectivity index (χ2n) is 5.49. The third-order valence-electron chi connectivity index (χ3n) is 3.27. The van der Waals surface area contributed by atoms with Crippen molar-refractivity contribution in [1.82, 2.24) is 9.97 Å². The van der Waals surface area contributed by atoms with Crippen molar-refractivity contribution in [2.45, 2.75) is 45.3 Å². The quantitative estimate of drug-likeness (QED) is 0.847. The highest BCUT2D eigenvalue weighted by atomic mass is 35.5. The van der Waals surface area contributed by atoms with E-state index in [0.29, 0.717) is 30.9 Å². The molecule has 0 amide bonds. The van der Waals surface area contributed by atoms with Gasteiger partial charge in [0, 0.05) is 30.9 Å². The van der Waals surface area contributed by atoms with Crippen LogP contribution in [0, 0.1) is 6.92 Å². The molecule has 1 aliphatic rings. The predicted octanol–water partition coefficient (Wildman–Crippen LogP) is 2.77. The zero-order valence-electron chi connectivity index (χ0n) is 12.3. The standard InChI is InChI=1S/C14H22ClN3O2/c1-10(2)20-12-8-11(3)16-13(17-12)18-14(9-15)4-6-19-7-5-14/h8,10H,4-7,9H2,1-3H3,(H,16,17,18). The van der Waals surface area contributed by atoms with Crippen LogP contribution in [-0.4, -0.2) is 40.7 Å². The van der Waals surface area contributed by atoms with E-state index in [2.05, 4.69) is 15.3 Å². The summed E-state index contributed by atoms with van der Waals surface area (Å²) in [7, 11) is 0. The number of alkyl halides is 1. The van der Waals surface area contributed by atoms with Crippen molar-refractivity contribution in [2.24, 2.45) is 0 Å². The molecule has 20 heavy (non-hydrogen) atoms. The van der Waals surface area contributed by atoms with E-state index in [1.807, 2.05) is 26.8 Å². The van der Waals surface area contributed by atoms with Gasteiger partial charge >= 0.3 is 0 Å². The van der Waals surface area contributed by atoms with Gasteiger partial charge < -0.3 is 14.8 Å². The summed E-state index contributed by atoms with van der Waals surface area (Å²) >= 11 is 6.15. The number of anilines is 1. The zero-order valence-corrected chi connectivity index (χ0v) is 13.0. The number of hydrogen-bond donors (Lipinski definition) is 1. The smallest absolute Gasteiger partial charge is 0.226 e. The van der Waals surface area contributed by atoms with Crippen LogP contribution < -0.4 is 10.1 Å². The number of hydrogen-bond acceptors (Lipinski definition) is 5. The highest BCUT2D eigenvalue weighted by Gasteiger charge is 2.32. The van der Waals surface area contributed by atoms with E-state index in [9.17, 15) is 0 Å². The minimum absolute atomic E-state index is 0.0854. The fraction of sp³-hybridized carbons (Fsp3) is 0.714. The van der Waals surface area contributed by atoms with Gasteiger partial charge in [-0.2, -0.15) is 4.98 Å². The maximum atomic E-state index is 6.15.